The standard InChI is InChI=1S/C11H12ClF3N6/c12-8-18-9(17-4-2-1-3-11(13,14)15)20-10(19-8)21-6-5-16-7-21/h5-7H,1-4H2,(H,17,18,19,20). The number of nitrogens with one attached hydrogen (secondary N) is 1. The first-order valence-electron chi connectivity index (χ1n) is 6.14. The van der Waals surface area contributed by atoms with Crippen LogP contribution in [0.4, 0.5) is 19.1 Å². The molecule has 114 valence electrons. The molecule has 0 saturated carbocycles. The van der Waals surface area contributed by atoms with Gasteiger partial charge in [-0.1, -0.05) is 0 Å². The number of alkyl halides is 3. The molecule has 0 saturated heterocycles. The minimum absolute atomic E-state index is 0.00788. The Hall–Kier alpha value is -1.90. The summed E-state index contributed by atoms with van der Waals surface area (Å²) in [5.74, 6) is 0.496. The fourth-order valence-corrected chi connectivity index (χ4v) is 1.72. The predicted molar refractivity (Wildman–Crippen MR) is 70.4 cm³/mol. The Morgan fingerprint density at radius 1 is 1.19 bits per heavy atom. The van der Waals surface area contributed by atoms with Crippen molar-refractivity contribution in [1.82, 2.24) is 24.5 Å². The van der Waals surface area contributed by atoms with E-state index in [1.165, 1.54) is 6.33 Å². The fourth-order valence-electron chi connectivity index (χ4n) is 1.56. The average molecular weight is 321 g/mol. The van der Waals surface area contributed by atoms with E-state index in [1.54, 1.807) is 17.0 Å². The molecule has 10 heteroatoms. The molecule has 0 amide bonds. The highest BCUT2D eigenvalue weighted by Gasteiger charge is 2.25. The molecule has 0 radical (unpaired) electrons. The Balaban J connectivity index is 1.89. The van der Waals surface area contributed by atoms with Gasteiger partial charge in [0.2, 0.25) is 17.2 Å². The zero-order valence-corrected chi connectivity index (χ0v) is 11.6. The molecule has 2 aromatic heterocycles. The van der Waals surface area contributed by atoms with Crippen LogP contribution in [-0.4, -0.2) is 37.2 Å². The monoisotopic (exact) mass is 320 g/mol. The van der Waals surface area contributed by atoms with Crippen LogP contribution in [0.15, 0.2) is 18.7 Å². The summed E-state index contributed by atoms with van der Waals surface area (Å²) in [4.78, 5) is 15.8. The summed E-state index contributed by atoms with van der Waals surface area (Å²) in [6.07, 6.45) is 0.171. The summed E-state index contributed by atoms with van der Waals surface area (Å²) in [6, 6.07) is 0. The van der Waals surface area contributed by atoms with Crippen LogP contribution in [0, 0.1) is 0 Å². The highest BCUT2D eigenvalue weighted by atomic mass is 35.5. The first-order chi connectivity index (χ1) is 9.94. The second-order valence-electron chi connectivity index (χ2n) is 4.20. The van der Waals surface area contributed by atoms with Gasteiger partial charge in [-0.25, -0.2) is 4.98 Å². The highest BCUT2D eigenvalue weighted by molar-refractivity contribution is 6.28. The Morgan fingerprint density at radius 3 is 2.67 bits per heavy atom. The van der Waals surface area contributed by atoms with Gasteiger partial charge >= 0.3 is 6.18 Å². The maximum Gasteiger partial charge on any atom is 0.389 e. The van der Waals surface area contributed by atoms with E-state index in [0.717, 1.165) is 0 Å². The first kappa shape index (κ1) is 15.5. The smallest absolute Gasteiger partial charge is 0.354 e. The third-order valence-electron chi connectivity index (χ3n) is 2.50. The van der Waals surface area contributed by atoms with Crippen molar-refractivity contribution in [3.63, 3.8) is 0 Å². The number of rotatable bonds is 6. The lowest BCUT2D eigenvalue weighted by molar-refractivity contribution is -0.135. The molecule has 2 heterocycles. The van der Waals surface area contributed by atoms with Crippen molar-refractivity contribution in [3.05, 3.63) is 24.0 Å². The molecule has 0 aliphatic rings. The minimum atomic E-state index is -4.12. The quantitative estimate of drug-likeness (QED) is 0.829. The SMILES string of the molecule is FC(F)(F)CCCCNc1nc(Cl)nc(-n2ccnc2)n1. The fraction of sp³-hybridized carbons (Fsp3) is 0.455. The van der Waals surface area contributed by atoms with Crippen molar-refractivity contribution < 1.29 is 13.2 Å². The van der Waals surface area contributed by atoms with E-state index in [9.17, 15) is 13.2 Å². The molecule has 0 aromatic carbocycles. The molecule has 2 rings (SSSR count). The summed E-state index contributed by atoms with van der Waals surface area (Å²) in [7, 11) is 0. The number of halogens is 4. The maximum absolute atomic E-state index is 12.0. The number of nitrogens with zero attached hydrogens (tertiary/aromatic N) is 5. The Morgan fingerprint density at radius 2 is 2.00 bits per heavy atom. The van der Waals surface area contributed by atoms with Gasteiger partial charge in [0.05, 0.1) is 0 Å². The van der Waals surface area contributed by atoms with E-state index in [1.807, 2.05) is 0 Å². The van der Waals surface area contributed by atoms with Crippen molar-refractivity contribution in [2.75, 3.05) is 11.9 Å². The Kier molecular flexibility index (Phi) is 4.94. The van der Waals surface area contributed by atoms with Crippen molar-refractivity contribution in [1.29, 1.82) is 0 Å². The largest absolute Gasteiger partial charge is 0.389 e. The van der Waals surface area contributed by atoms with Gasteiger partial charge in [-0.15, -0.1) is 0 Å². The second kappa shape index (κ2) is 6.70. The summed E-state index contributed by atoms with van der Waals surface area (Å²) < 4.78 is 37.5. The molecule has 0 aliphatic carbocycles. The lowest BCUT2D eigenvalue weighted by atomic mass is 10.2. The lowest BCUT2D eigenvalue weighted by Gasteiger charge is -2.08. The van der Waals surface area contributed by atoms with Gasteiger partial charge in [0, 0.05) is 25.4 Å². The van der Waals surface area contributed by atoms with Crippen LogP contribution < -0.4 is 5.32 Å². The van der Waals surface area contributed by atoms with Crippen LogP contribution in [0.1, 0.15) is 19.3 Å². The van der Waals surface area contributed by atoms with Crippen LogP contribution in [-0.2, 0) is 0 Å². The Bertz CT molecular complexity index is 572. The van der Waals surface area contributed by atoms with Gasteiger partial charge < -0.3 is 5.32 Å². The molecular weight excluding hydrogens is 309 g/mol. The number of hydrogen-bond acceptors (Lipinski definition) is 5. The number of hydrogen-bond donors (Lipinski definition) is 1. The number of unbranched alkanes of at least 4 members (excludes halogenated alkanes) is 1. The third-order valence-corrected chi connectivity index (χ3v) is 2.67. The molecule has 0 unspecified atom stereocenters. The third kappa shape index (κ3) is 5.18. The van der Waals surface area contributed by atoms with Crippen molar-refractivity contribution in [2.24, 2.45) is 0 Å². The van der Waals surface area contributed by atoms with Gasteiger partial charge in [-0.05, 0) is 24.4 Å². The maximum atomic E-state index is 12.0. The summed E-state index contributed by atoms with van der Waals surface area (Å²) in [5, 5.41) is 2.82. The van der Waals surface area contributed by atoms with Gasteiger partial charge in [-0.3, -0.25) is 4.57 Å². The molecule has 0 fully saturated rings. The number of aromatic nitrogens is 5. The molecule has 21 heavy (non-hydrogen) atoms. The van der Waals surface area contributed by atoms with Gasteiger partial charge in [-0.2, -0.15) is 28.1 Å². The van der Waals surface area contributed by atoms with Crippen molar-refractivity contribution >= 4 is 17.5 Å². The van der Waals surface area contributed by atoms with Crippen LogP contribution in [0.25, 0.3) is 5.95 Å². The minimum Gasteiger partial charge on any atom is -0.354 e. The van der Waals surface area contributed by atoms with Crippen LogP contribution >= 0.6 is 11.6 Å². The second-order valence-corrected chi connectivity index (χ2v) is 4.54. The van der Waals surface area contributed by atoms with Crippen LogP contribution in [0.5, 0.6) is 0 Å². The van der Waals surface area contributed by atoms with E-state index in [0.29, 0.717) is 13.0 Å². The normalized spacial score (nSPS) is 11.6. The van der Waals surface area contributed by atoms with E-state index >= 15 is 0 Å². The summed E-state index contributed by atoms with van der Waals surface area (Å²) in [6.45, 7) is 0.319. The number of anilines is 1. The average Bonchev–Trinajstić information content (AvgIpc) is 2.90. The van der Waals surface area contributed by atoms with Gasteiger partial charge in [0.25, 0.3) is 0 Å². The summed E-state index contributed by atoms with van der Waals surface area (Å²) >= 11 is 5.78. The topological polar surface area (TPSA) is 68.5 Å². The lowest BCUT2D eigenvalue weighted by Crippen LogP contribution is -2.11. The first-order valence-corrected chi connectivity index (χ1v) is 6.52. The molecule has 0 aliphatic heterocycles. The number of imidazole rings is 1. The zero-order valence-electron chi connectivity index (χ0n) is 10.8. The molecule has 0 spiro atoms. The van der Waals surface area contributed by atoms with E-state index in [2.05, 4.69) is 25.3 Å². The van der Waals surface area contributed by atoms with Gasteiger partial charge in [0.15, 0.2) is 0 Å². The molecule has 0 atom stereocenters. The summed E-state index contributed by atoms with van der Waals surface area (Å²) in [5.41, 5.74) is 0. The molecule has 6 nitrogen and oxygen atoms in total. The van der Waals surface area contributed by atoms with Crippen molar-refractivity contribution in [3.8, 4) is 5.95 Å². The van der Waals surface area contributed by atoms with Crippen molar-refractivity contribution in [2.45, 2.75) is 25.4 Å². The predicted octanol–water partition coefficient (Wildman–Crippen LogP) is 2.86. The molecule has 1 N–H and O–H groups in total. The van der Waals surface area contributed by atoms with E-state index < -0.39 is 12.6 Å². The van der Waals surface area contributed by atoms with E-state index in [4.69, 9.17) is 11.6 Å². The zero-order chi connectivity index (χ0) is 15.3. The van der Waals surface area contributed by atoms with Crippen LogP contribution in [0.3, 0.4) is 0 Å². The van der Waals surface area contributed by atoms with E-state index in [-0.39, 0.29) is 23.6 Å². The highest BCUT2D eigenvalue weighted by Crippen LogP contribution is 2.22. The molecule has 2 aromatic rings. The molecule has 0 bridgehead atoms. The molecular formula is C11H12ClF3N6. The van der Waals surface area contributed by atoms with Gasteiger partial charge in [0.1, 0.15) is 6.33 Å². The van der Waals surface area contributed by atoms with Crippen LogP contribution in [0.2, 0.25) is 5.28 Å². The Labute approximate surface area is 123 Å².